The van der Waals surface area contributed by atoms with Crippen molar-refractivity contribution in [3.05, 3.63) is 76.8 Å². The summed E-state index contributed by atoms with van der Waals surface area (Å²) in [5.74, 6) is 0.873. The highest BCUT2D eigenvalue weighted by molar-refractivity contribution is 6.30. The highest BCUT2D eigenvalue weighted by atomic mass is 35.5. The maximum Gasteiger partial charge on any atom is 0.241 e. The van der Waals surface area contributed by atoms with Crippen molar-refractivity contribution >= 4 is 29.2 Å². The Labute approximate surface area is 138 Å². The fourth-order valence-corrected chi connectivity index (χ4v) is 2.82. The molecule has 1 aromatic heterocycles. The Hall–Kier alpha value is -2.79. The number of benzene rings is 2. The minimum atomic E-state index is -0.0940. The van der Waals surface area contributed by atoms with Crippen LogP contribution in [0.25, 0.3) is 5.70 Å². The van der Waals surface area contributed by atoms with E-state index in [0.29, 0.717) is 11.0 Å². The van der Waals surface area contributed by atoms with Crippen molar-refractivity contribution in [2.45, 2.75) is 6.04 Å². The molecule has 4 rings (SSSR count). The number of nitrogens with zero attached hydrogens (tertiary/aromatic N) is 3. The quantitative estimate of drug-likeness (QED) is 0.756. The lowest BCUT2D eigenvalue weighted by molar-refractivity contribution is 0.614. The molecule has 1 unspecified atom stereocenters. The molecule has 1 aliphatic heterocycles. The van der Waals surface area contributed by atoms with Crippen LogP contribution in [-0.2, 0) is 0 Å². The Morgan fingerprint density at radius 2 is 1.78 bits per heavy atom. The Morgan fingerprint density at radius 3 is 2.52 bits per heavy atom. The van der Waals surface area contributed by atoms with Crippen LogP contribution in [-0.4, -0.2) is 14.8 Å². The molecule has 0 aliphatic carbocycles. The summed E-state index contributed by atoms with van der Waals surface area (Å²) in [5, 5.41) is 8.29. The van der Waals surface area contributed by atoms with E-state index in [2.05, 4.69) is 21.5 Å². The minimum absolute atomic E-state index is 0.0940. The van der Waals surface area contributed by atoms with E-state index in [-0.39, 0.29) is 12.0 Å². The molecule has 114 valence electrons. The molecule has 5 nitrogen and oxygen atoms in total. The van der Waals surface area contributed by atoms with Crippen molar-refractivity contribution in [1.29, 1.82) is 0 Å². The average molecular weight is 324 g/mol. The number of aromatic nitrogens is 3. The molecular weight excluding hydrogens is 310 g/mol. The second-order valence-corrected chi connectivity index (χ2v) is 5.74. The predicted molar refractivity (Wildman–Crippen MR) is 92.1 cm³/mol. The van der Waals surface area contributed by atoms with Crippen LogP contribution in [0.3, 0.4) is 0 Å². The largest absolute Gasteiger partial charge is 0.366 e. The van der Waals surface area contributed by atoms with Crippen LogP contribution in [0.2, 0.25) is 5.02 Å². The van der Waals surface area contributed by atoms with Crippen LogP contribution in [0.4, 0.5) is 11.9 Å². The van der Waals surface area contributed by atoms with Gasteiger partial charge in [-0.1, -0.05) is 54.1 Å². The first-order chi connectivity index (χ1) is 11.2. The average Bonchev–Trinajstić information content (AvgIpc) is 2.96. The van der Waals surface area contributed by atoms with Gasteiger partial charge in [-0.2, -0.15) is 4.98 Å². The van der Waals surface area contributed by atoms with Gasteiger partial charge in [0, 0.05) is 10.7 Å². The van der Waals surface area contributed by atoms with Crippen LogP contribution in [0.1, 0.15) is 17.2 Å². The Balaban J connectivity index is 1.83. The summed E-state index contributed by atoms with van der Waals surface area (Å²) in [6.07, 6.45) is 2.11. The Kier molecular flexibility index (Phi) is 3.28. The first kappa shape index (κ1) is 13.8. The number of nitrogen functional groups attached to an aromatic ring is 1. The van der Waals surface area contributed by atoms with E-state index in [1.54, 1.807) is 4.68 Å². The van der Waals surface area contributed by atoms with E-state index in [0.717, 1.165) is 16.8 Å². The van der Waals surface area contributed by atoms with Gasteiger partial charge < -0.3 is 11.1 Å². The van der Waals surface area contributed by atoms with Crippen molar-refractivity contribution in [2.75, 3.05) is 11.1 Å². The summed E-state index contributed by atoms with van der Waals surface area (Å²) in [6, 6.07) is 17.7. The summed E-state index contributed by atoms with van der Waals surface area (Å²) in [6.45, 7) is 0. The van der Waals surface area contributed by atoms with Gasteiger partial charge in [-0.25, -0.2) is 4.68 Å². The van der Waals surface area contributed by atoms with Gasteiger partial charge in [0.15, 0.2) is 0 Å². The van der Waals surface area contributed by atoms with Gasteiger partial charge in [0.2, 0.25) is 11.9 Å². The number of allylic oxidation sites excluding steroid dienone is 1. The zero-order valence-electron chi connectivity index (χ0n) is 12.1. The van der Waals surface area contributed by atoms with Crippen molar-refractivity contribution in [2.24, 2.45) is 0 Å². The van der Waals surface area contributed by atoms with E-state index in [4.69, 9.17) is 17.3 Å². The van der Waals surface area contributed by atoms with E-state index in [9.17, 15) is 0 Å². The zero-order valence-corrected chi connectivity index (χ0v) is 12.9. The summed E-state index contributed by atoms with van der Waals surface area (Å²) in [7, 11) is 0. The number of halogens is 1. The highest BCUT2D eigenvalue weighted by Gasteiger charge is 2.24. The molecule has 0 saturated carbocycles. The van der Waals surface area contributed by atoms with Crippen molar-refractivity contribution in [3.63, 3.8) is 0 Å². The molecule has 2 heterocycles. The number of nitrogens with two attached hydrogens (primary N) is 1. The number of hydrogen-bond donors (Lipinski definition) is 2. The first-order valence-electron chi connectivity index (χ1n) is 7.22. The van der Waals surface area contributed by atoms with Crippen LogP contribution in [0, 0.1) is 0 Å². The zero-order chi connectivity index (χ0) is 15.8. The number of hydrogen-bond acceptors (Lipinski definition) is 4. The number of anilines is 2. The monoisotopic (exact) mass is 323 g/mol. The van der Waals surface area contributed by atoms with Crippen LogP contribution in [0.15, 0.2) is 60.7 Å². The maximum atomic E-state index is 6.00. The van der Waals surface area contributed by atoms with Gasteiger partial charge in [-0.15, -0.1) is 5.10 Å². The molecule has 1 atom stereocenters. The summed E-state index contributed by atoms with van der Waals surface area (Å²) in [4.78, 5) is 4.27. The molecule has 2 aromatic carbocycles. The first-order valence-corrected chi connectivity index (χ1v) is 7.60. The Bertz CT molecular complexity index is 868. The second-order valence-electron chi connectivity index (χ2n) is 5.31. The second kappa shape index (κ2) is 5.44. The molecule has 0 saturated heterocycles. The van der Waals surface area contributed by atoms with Gasteiger partial charge in [0.05, 0.1) is 0 Å². The topological polar surface area (TPSA) is 68.8 Å². The SMILES string of the molecule is Nc1nc2n(n1)C(c1ccc(Cl)cc1)C=C(c1ccccc1)N2. The maximum absolute atomic E-state index is 6.00. The highest BCUT2D eigenvalue weighted by Crippen LogP contribution is 2.33. The van der Waals surface area contributed by atoms with Gasteiger partial charge in [-0.05, 0) is 29.3 Å². The molecule has 6 heteroatoms. The fraction of sp³-hybridized carbons (Fsp3) is 0.0588. The smallest absolute Gasteiger partial charge is 0.241 e. The third-order valence-corrected chi connectivity index (χ3v) is 4.03. The summed E-state index contributed by atoms with van der Waals surface area (Å²) < 4.78 is 1.78. The molecule has 23 heavy (non-hydrogen) atoms. The minimum Gasteiger partial charge on any atom is -0.366 e. The van der Waals surface area contributed by atoms with Gasteiger partial charge >= 0.3 is 0 Å². The van der Waals surface area contributed by atoms with Gasteiger partial charge in [0.25, 0.3) is 0 Å². The van der Waals surface area contributed by atoms with E-state index >= 15 is 0 Å². The van der Waals surface area contributed by atoms with Crippen LogP contribution in [0.5, 0.6) is 0 Å². The van der Waals surface area contributed by atoms with Gasteiger partial charge in [-0.3, -0.25) is 0 Å². The molecule has 0 radical (unpaired) electrons. The standard InChI is InChI=1S/C17H14ClN5/c18-13-8-6-12(7-9-13)15-10-14(11-4-2-1-3-5-11)20-17-21-16(19)22-23(15)17/h1-10,15H,(H3,19,20,21,22). The van der Waals surface area contributed by atoms with E-state index in [1.165, 1.54) is 0 Å². The summed E-state index contributed by atoms with van der Waals surface area (Å²) in [5.41, 5.74) is 8.90. The Morgan fingerprint density at radius 1 is 1.04 bits per heavy atom. The molecule has 3 aromatic rings. The molecule has 0 fully saturated rings. The molecule has 0 spiro atoms. The van der Waals surface area contributed by atoms with E-state index < -0.39 is 0 Å². The summed E-state index contributed by atoms with van der Waals surface area (Å²) >= 11 is 6.00. The normalized spacial score (nSPS) is 16.4. The lowest BCUT2D eigenvalue weighted by Gasteiger charge is -2.24. The molecule has 0 bridgehead atoms. The van der Waals surface area contributed by atoms with E-state index in [1.807, 2.05) is 54.6 Å². The van der Waals surface area contributed by atoms with Crippen molar-refractivity contribution in [3.8, 4) is 0 Å². The van der Waals surface area contributed by atoms with Gasteiger partial charge in [0.1, 0.15) is 6.04 Å². The fourth-order valence-electron chi connectivity index (χ4n) is 2.69. The van der Waals surface area contributed by atoms with Crippen LogP contribution >= 0.6 is 11.6 Å². The number of fused-ring (bicyclic) bond motifs is 1. The lowest BCUT2D eigenvalue weighted by Crippen LogP contribution is -2.20. The van der Waals surface area contributed by atoms with Crippen LogP contribution < -0.4 is 11.1 Å². The third-order valence-electron chi connectivity index (χ3n) is 3.78. The lowest BCUT2D eigenvalue weighted by atomic mass is 10.0. The predicted octanol–water partition coefficient (Wildman–Crippen LogP) is 3.57. The van der Waals surface area contributed by atoms with Crippen molar-refractivity contribution < 1.29 is 0 Å². The number of rotatable bonds is 2. The number of nitrogens with one attached hydrogen (secondary N) is 1. The molecule has 1 aliphatic rings. The molecule has 3 N–H and O–H groups in total. The van der Waals surface area contributed by atoms with Crippen molar-refractivity contribution in [1.82, 2.24) is 14.8 Å². The molecular formula is C17H14ClN5. The molecule has 0 amide bonds. The third kappa shape index (κ3) is 2.55.